The first kappa shape index (κ1) is 74.4. The van der Waals surface area contributed by atoms with Gasteiger partial charge in [-0.25, -0.2) is 0 Å². The average molecular weight is 1570 g/mol. The fraction of sp³-hybridized carbons (Fsp3) is 0.222. The quantitative estimate of drug-likeness (QED) is 0.0417. The van der Waals surface area contributed by atoms with E-state index in [4.69, 9.17) is 81.2 Å². The predicted octanol–water partition coefficient (Wildman–Crippen LogP) is 11.5. The van der Waals surface area contributed by atoms with Crippen LogP contribution in [0.15, 0.2) is 243 Å². The van der Waals surface area contributed by atoms with Crippen LogP contribution in [-0.2, 0) is 126 Å². The molecule has 0 amide bonds. The molecule has 8 atom stereocenters. The normalized spacial score (nSPS) is 27.5. The molecule has 8 aromatic carbocycles. The summed E-state index contributed by atoms with van der Waals surface area (Å²) in [4.78, 5) is 98.8. The molecule has 104 heavy (non-hydrogen) atoms. The van der Waals surface area contributed by atoms with E-state index in [-0.39, 0.29) is 0 Å². The van der Waals surface area contributed by atoms with Gasteiger partial charge in [-0.05, 0) is 0 Å². The van der Waals surface area contributed by atoms with E-state index in [1.54, 1.807) is 0 Å². The molecular weight excluding hydrogens is 1500 g/mol. The fourth-order valence-corrected chi connectivity index (χ4v) is 27.9. The Labute approximate surface area is 617 Å². The Kier molecular flexibility index (Phi) is 21.3. The number of carbonyl (C=O) groups excluding carboxylic acids is 8. The zero-order valence-electron chi connectivity index (χ0n) is 55.2. The van der Waals surface area contributed by atoms with Crippen molar-refractivity contribution in [3.63, 3.8) is 0 Å². The Balaban J connectivity index is 0.000000123. The Morgan fingerprint density at radius 1 is 0.192 bits per heavy atom. The molecule has 0 aliphatic carbocycles. The minimum atomic E-state index is -4.24. The van der Waals surface area contributed by atoms with Crippen molar-refractivity contribution in [1.29, 1.82) is 0 Å². The van der Waals surface area contributed by atoms with Crippen molar-refractivity contribution in [1.82, 2.24) is 40.7 Å². The topological polar surface area (TPSA) is 307 Å². The maximum absolute atomic E-state index is 12.3. The molecule has 0 radical (unpaired) electrons. The first-order chi connectivity index (χ1) is 49.7. The van der Waals surface area contributed by atoms with Gasteiger partial charge in [-0.15, -0.1) is 0 Å². The van der Waals surface area contributed by atoms with Crippen LogP contribution in [-0.4, -0.2) is 96.1 Å². The van der Waals surface area contributed by atoms with Crippen molar-refractivity contribution in [3.05, 3.63) is 287 Å². The van der Waals surface area contributed by atoms with E-state index < -0.39 is 123 Å². The van der Waals surface area contributed by atoms with E-state index >= 15 is 0 Å². The molecule has 0 unspecified atom stereocenters. The van der Waals surface area contributed by atoms with Crippen molar-refractivity contribution in [2.75, 3.05) is 0 Å². The van der Waals surface area contributed by atoms with Crippen LogP contribution in [0.2, 0.25) is 0 Å². The number of halogens is 4. The molecule has 16 rings (SSSR count). The summed E-state index contributed by atoms with van der Waals surface area (Å²) in [6.07, 6.45) is 3.17. The third-order valence-corrected chi connectivity index (χ3v) is 31.6. The second kappa shape index (κ2) is 29.8. The Hall–Kier alpha value is -7.92. The second-order valence-electron chi connectivity index (χ2n) is 25.7. The van der Waals surface area contributed by atoms with Crippen molar-refractivity contribution >= 4 is 120 Å². The summed E-state index contributed by atoms with van der Waals surface area (Å²) in [5.41, 5.74) is 7.64. The van der Waals surface area contributed by atoms with E-state index in [2.05, 4.69) is 40.7 Å². The van der Waals surface area contributed by atoms with Gasteiger partial charge in [0.15, 0.2) is 0 Å². The summed E-state index contributed by atoms with van der Waals surface area (Å²) >= 11 is 26.4. The van der Waals surface area contributed by atoms with Crippen LogP contribution in [0.4, 0.5) is 0 Å². The standard InChI is InChI=1S/4C18H18ClN2O4P/c4*19-26(20-15(17(22)24-26)11-13-7-3-1-4-8-13)21-16(18(23)25-26)12-14-9-5-2-6-10-14/h4*1-10,15-16,20-21H,11-12H2/t4*15-,16-/m0000/s1. The molecule has 8 aromatic rings. The molecule has 544 valence electrons. The molecule has 8 N–H and O–H groups in total. The fourth-order valence-electron chi connectivity index (χ4n) is 12.8. The maximum atomic E-state index is 12.3. The van der Waals surface area contributed by atoms with Crippen LogP contribution in [0, 0.1) is 0 Å². The predicted molar refractivity (Wildman–Crippen MR) is 396 cm³/mol. The SMILES string of the molecule is O=C1OP2(Cl)(N[C@H]1Cc1ccccc1)N[C@@H](Cc1ccccc1)C(=O)O2.O=C1OP2(Cl)(N[C@H]1Cc1ccccc1)N[C@@H](Cc1ccccc1)C(=O)O2.O=C1OP2(Cl)(N[C@H]1Cc1ccccc1)N[C@@H](Cc1ccccc1)C(=O)O2.O=C1OP2(Cl)(N[C@H]1Cc1ccccc1)N[C@@H](Cc1ccccc1)C(=O)O2. The zero-order chi connectivity index (χ0) is 72.9. The van der Waals surface area contributed by atoms with Crippen LogP contribution in [0.5, 0.6) is 0 Å². The van der Waals surface area contributed by atoms with Gasteiger partial charge in [-0.3, -0.25) is 0 Å². The van der Waals surface area contributed by atoms with Crippen LogP contribution in [0.3, 0.4) is 0 Å². The summed E-state index contributed by atoms with van der Waals surface area (Å²) in [6.45, 7) is -17.0. The first-order valence-electron chi connectivity index (χ1n) is 33.2. The molecule has 0 aromatic heterocycles. The van der Waals surface area contributed by atoms with Gasteiger partial charge in [-0.2, -0.15) is 0 Å². The van der Waals surface area contributed by atoms with Crippen molar-refractivity contribution < 1.29 is 74.5 Å². The average Bonchev–Trinajstić information content (AvgIpc) is 1.59. The molecule has 8 fully saturated rings. The van der Waals surface area contributed by atoms with Gasteiger partial charge in [0.05, 0.1) is 0 Å². The van der Waals surface area contributed by atoms with E-state index in [1.807, 2.05) is 243 Å². The monoisotopic (exact) mass is 1570 g/mol. The number of hydrogen-bond acceptors (Lipinski definition) is 24. The Morgan fingerprint density at radius 2 is 0.288 bits per heavy atom. The van der Waals surface area contributed by atoms with E-state index in [1.165, 1.54) is 0 Å². The van der Waals surface area contributed by atoms with Crippen LogP contribution in [0.25, 0.3) is 0 Å². The zero-order valence-corrected chi connectivity index (χ0v) is 61.8. The summed E-state index contributed by atoms with van der Waals surface area (Å²) in [7, 11) is 0. The Bertz CT molecular complexity index is 3690. The van der Waals surface area contributed by atoms with Crippen molar-refractivity contribution in [2.45, 2.75) is 99.7 Å². The summed E-state index contributed by atoms with van der Waals surface area (Å²) in [5, 5.41) is 23.7. The van der Waals surface area contributed by atoms with E-state index in [9.17, 15) is 38.4 Å². The third-order valence-electron chi connectivity index (χ3n) is 17.6. The van der Waals surface area contributed by atoms with Gasteiger partial charge in [0.25, 0.3) is 0 Å². The molecular formula is C72H72Cl4N8O16P4. The molecule has 24 nitrogen and oxygen atoms in total. The molecule has 8 aliphatic rings. The molecule has 8 saturated heterocycles. The third kappa shape index (κ3) is 17.5. The minimum absolute atomic E-state index is 0.396. The van der Waals surface area contributed by atoms with Crippen LogP contribution >= 0.6 is 71.8 Å². The summed E-state index contributed by atoms with van der Waals surface area (Å²) in [5.74, 6) is -4.21. The first-order valence-corrected chi connectivity index (χ1v) is 45.1. The van der Waals surface area contributed by atoms with Gasteiger partial charge in [0.1, 0.15) is 0 Å². The van der Waals surface area contributed by atoms with E-state index in [0.29, 0.717) is 51.4 Å². The van der Waals surface area contributed by atoms with Gasteiger partial charge < -0.3 is 0 Å². The van der Waals surface area contributed by atoms with Gasteiger partial charge in [0, 0.05) is 0 Å². The summed E-state index contributed by atoms with van der Waals surface area (Å²) < 4.78 is 43.3. The van der Waals surface area contributed by atoms with Crippen LogP contribution < -0.4 is 40.7 Å². The Morgan fingerprint density at radius 3 is 0.385 bits per heavy atom. The number of benzene rings is 8. The molecule has 0 bridgehead atoms. The van der Waals surface area contributed by atoms with Gasteiger partial charge in [-0.1, -0.05) is 0 Å². The molecule has 8 heterocycles. The van der Waals surface area contributed by atoms with Gasteiger partial charge in [0.2, 0.25) is 0 Å². The molecule has 8 aliphatic heterocycles. The molecule has 4 spiro atoms. The number of nitrogens with one attached hydrogen (secondary N) is 8. The number of rotatable bonds is 16. The van der Waals surface area contributed by atoms with Crippen LogP contribution in [0.1, 0.15) is 44.5 Å². The number of hydrogen-bond donors (Lipinski definition) is 8. The molecule has 32 heteroatoms. The van der Waals surface area contributed by atoms with Crippen molar-refractivity contribution in [3.8, 4) is 0 Å². The number of carbonyl (C=O) groups is 8. The molecule has 0 saturated carbocycles. The van der Waals surface area contributed by atoms with Crippen molar-refractivity contribution in [2.24, 2.45) is 0 Å². The second-order valence-corrected chi connectivity index (χ2v) is 43.5. The van der Waals surface area contributed by atoms with Gasteiger partial charge >= 0.3 is 622 Å². The van der Waals surface area contributed by atoms with E-state index in [0.717, 1.165) is 44.5 Å². The summed E-state index contributed by atoms with van der Waals surface area (Å²) in [6, 6.07) is 70.6.